The molecule has 1 heteroatoms. The van der Waals surface area contributed by atoms with E-state index in [0.29, 0.717) is 0 Å². The van der Waals surface area contributed by atoms with Crippen molar-refractivity contribution in [3.63, 3.8) is 0 Å². The van der Waals surface area contributed by atoms with Crippen molar-refractivity contribution in [2.24, 2.45) is 0 Å². The first kappa shape index (κ1) is 23.6. The summed E-state index contributed by atoms with van der Waals surface area (Å²) in [5.41, 5.74) is 12.7. The molecule has 198 valence electrons. The smallest absolute Gasteiger partial charge is 0.135 e. The Morgan fingerprint density at radius 1 is 0.429 bits per heavy atom. The molecule has 0 bridgehead atoms. The van der Waals surface area contributed by atoms with E-state index in [4.69, 9.17) is 4.74 Å². The van der Waals surface area contributed by atoms with Crippen LogP contribution in [0.3, 0.4) is 0 Å². The van der Waals surface area contributed by atoms with Crippen LogP contribution in [0.2, 0.25) is 0 Å². The molecule has 0 spiro atoms. The minimum absolute atomic E-state index is 0.129. The SMILES string of the molecule is CC1(C)c2cc3ccccc3cc2-c2c(-c3ccccc3)cc(-c3ccc4c(c3)-c3cccc5cccc(c35)O4)cc21. The standard InChI is InChI=1S/C41H28O/c1-41(2)35-23-28-13-7-6-12-27(28)21-34(35)40-32(25-10-4-3-5-11-25)22-30(24-36(40)41)29-18-19-37-33(20-29)31-16-8-14-26-15-9-17-38(42-37)39(26)31/h3-24H,1-2H3. The molecule has 1 nitrogen and oxygen atoms in total. The van der Waals surface area contributed by atoms with Gasteiger partial charge >= 0.3 is 0 Å². The van der Waals surface area contributed by atoms with E-state index in [1.54, 1.807) is 0 Å². The third-order valence-corrected chi connectivity index (χ3v) is 9.41. The first-order chi connectivity index (χ1) is 20.6. The summed E-state index contributed by atoms with van der Waals surface area (Å²) in [4.78, 5) is 0. The van der Waals surface area contributed by atoms with Gasteiger partial charge in [-0.3, -0.25) is 0 Å². The Bertz CT molecular complexity index is 2230. The largest absolute Gasteiger partial charge is 0.456 e. The van der Waals surface area contributed by atoms with E-state index in [1.807, 2.05) is 0 Å². The predicted octanol–water partition coefficient (Wildman–Crippen LogP) is 11.4. The van der Waals surface area contributed by atoms with Crippen molar-refractivity contribution in [2.75, 3.05) is 0 Å². The molecule has 7 aromatic rings. The van der Waals surface area contributed by atoms with Crippen LogP contribution in [0.1, 0.15) is 25.0 Å². The molecular weight excluding hydrogens is 508 g/mol. The van der Waals surface area contributed by atoms with Crippen LogP contribution in [0.5, 0.6) is 11.5 Å². The van der Waals surface area contributed by atoms with E-state index in [2.05, 4.69) is 147 Å². The van der Waals surface area contributed by atoms with Crippen molar-refractivity contribution in [2.45, 2.75) is 19.3 Å². The normalized spacial score (nSPS) is 13.9. The van der Waals surface area contributed by atoms with Crippen LogP contribution >= 0.6 is 0 Å². The predicted molar refractivity (Wildman–Crippen MR) is 175 cm³/mol. The Balaban J connectivity index is 1.30. The number of ether oxygens (including phenoxy) is 1. The average molecular weight is 537 g/mol. The molecule has 0 unspecified atom stereocenters. The van der Waals surface area contributed by atoms with Crippen LogP contribution in [0.4, 0.5) is 0 Å². The van der Waals surface area contributed by atoms with Gasteiger partial charge in [-0.05, 0) is 109 Å². The Hall–Kier alpha value is -5.14. The molecule has 0 aromatic heterocycles. The lowest BCUT2D eigenvalue weighted by molar-refractivity contribution is 0.487. The highest BCUT2D eigenvalue weighted by Gasteiger charge is 2.38. The van der Waals surface area contributed by atoms with Crippen LogP contribution in [-0.2, 0) is 5.41 Å². The summed E-state index contributed by atoms with van der Waals surface area (Å²) in [5.74, 6) is 1.84. The lowest BCUT2D eigenvalue weighted by Gasteiger charge is -2.24. The molecule has 0 saturated heterocycles. The van der Waals surface area contributed by atoms with Crippen LogP contribution in [0.15, 0.2) is 133 Å². The summed E-state index contributed by atoms with van der Waals surface area (Å²) in [6.07, 6.45) is 0. The molecule has 1 aliphatic heterocycles. The lowest BCUT2D eigenvalue weighted by Crippen LogP contribution is -2.15. The lowest BCUT2D eigenvalue weighted by atomic mass is 9.80. The Morgan fingerprint density at radius 3 is 1.98 bits per heavy atom. The van der Waals surface area contributed by atoms with Gasteiger partial charge in [0.2, 0.25) is 0 Å². The van der Waals surface area contributed by atoms with Gasteiger partial charge in [0.15, 0.2) is 0 Å². The highest BCUT2D eigenvalue weighted by Crippen LogP contribution is 2.55. The monoisotopic (exact) mass is 536 g/mol. The molecule has 1 heterocycles. The minimum atomic E-state index is -0.129. The molecule has 0 saturated carbocycles. The third kappa shape index (κ3) is 3.25. The summed E-state index contributed by atoms with van der Waals surface area (Å²) < 4.78 is 6.42. The van der Waals surface area contributed by atoms with Crippen LogP contribution in [0.25, 0.3) is 66.1 Å². The van der Waals surface area contributed by atoms with Crippen LogP contribution in [0, 0.1) is 0 Å². The first-order valence-corrected chi connectivity index (χ1v) is 14.7. The zero-order valence-electron chi connectivity index (χ0n) is 23.6. The van der Waals surface area contributed by atoms with Crippen molar-refractivity contribution in [1.29, 1.82) is 0 Å². The zero-order valence-corrected chi connectivity index (χ0v) is 23.6. The second kappa shape index (κ2) is 8.44. The van der Waals surface area contributed by atoms with Gasteiger partial charge in [0.25, 0.3) is 0 Å². The van der Waals surface area contributed by atoms with Gasteiger partial charge in [-0.25, -0.2) is 0 Å². The highest BCUT2D eigenvalue weighted by atomic mass is 16.5. The van der Waals surface area contributed by atoms with E-state index in [9.17, 15) is 0 Å². The number of benzene rings is 7. The van der Waals surface area contributed by atoms with Gasteiger partial charge in [0, 0.05) is 16.4 Å². The molecule has 0 radical (unpaired) electrons. The maximum atomic E-state index is 6.42. The molecule has 7 aromatic carbocycles. The van der Waals surface area contributed by atoms with Crippen molar-refractivity contribution < 1.29 is 4.74 Å². The molecule has 1 aliphatic carbocycles. The van der Waals surface area contributed by atoms with E-state index in [1.165, 1.54) is 71.6 Å². The van der Waals surface area contributed by atoms with Crippen molar-refractivity contribution in [1.82, 2.24) is 0 Å². The molecule has 42 heavy (non-hydrogen) atoms. The van der Waals surface area contributed by atoms with E-state index in [0.717, 1.165) is 17.1 Å². The van der Waals surface area contributed by atoms with Gasteiger partial charge in [-0.15, -0.1) is 0 Å². The van der Waals surface area contributed by atoms with E-state index in [-0.39, 0.29) is 5.41 Å². The fourth-order valence-corrected chi connectivity index (χ4v) is 7.29. The van der Waals surface area contributed by atoms with E-state index < -0.39 is 0 Å². The minimum Gasteiger partial charge on any atom is -0.456 e. The molecular formula is C41H28O. The molecule has 2 aliphatic rings. The maximum absolute atomic E-state index is 6.42. The number of hydrogen-bond acceptors (Lipinski definition) is 1. The molecule has 0 N–H and O–H groups in total. The third-order valence-electron chi connectivity index (χ3n) is 9.41. The molecule has 0 atom stereocenters. The fraction of sp³-hybridized carbons (Fsp3) is 0.0732. The summed E-state index contributed by atoms with van der Waals surface area (Å²) >= 11 is 0. The van der Waals surface area contributed by atoms with Crippen molar-refractivity contribution >= 4 is 21.5 Å². The van der Waals surface area contributed by atoms with Crippen molar-refractivity contribution in [3.8, 4) is 56.0 Å². The summed E-state index contributed by atoms with van der Waals surface area (Å²) in [6, 6.07) is 48.7. The quantitative estimate of drug-likeness (QED) is 0.213. The number of rotatable bonds is 2. The van der Waals surface area contributed by atoms with Crippen molar-refractivity contribution in [3.05, 3.63) is 145 Å². The summed E-state index contributed by atoms with van der Waals surface area (Å²) in [7, 11) is 0. The summed E-state index contributed by atoms with van der Waals surface area (Å²) in [6.45, 7) is 4.76. The van der Waals surface area contributed by atoms with Crippen LogP contribution < -0.4 is 4.74 Å². The molecule has 0 amide bonds. The van der Waals surface area contributed by atoms with E-state index >= 15 is 0 Å². The highest BCUT2D eigenvalue weighted by molar-refractivity contribution is 6.05. The average Bonchev–Trinajstić information content (AvgIpc) is 3.25. The maximum Gasteiger partial charge on any atom is 0.135 e. The molecule has 0 fully saturated rings. The fourth-order valence-electron chi connectivity index (χ4n) is 7.29. The second-order valence-corrected chi connectivity index (χ2v) is 12.2. The number of fused-ring (bicyclic) bond motifs is 6. The zero-order chi connectivity index (χ0) is 28.0. The van der Waals surface area contributed by atoms with Gasteiger partial charge in [-0.2, -0.15) is 0 Å². The Kier molecular flexibility index (Phi) is 4.73. The second-order valence-electron chi connectivity index (χ2n) is 12.2. The molecule has 9 rings (SSSR count). The van der Waals surface area contributed by atoms with Gasteiger partial charge in [0.05, 0.1) is 0 Å². The summed E-state index contributed by atoms with van der Waals surface area (Å²) in [5, 5.41) is 4.97. The Morgan fingerprint density at radius 2 is 1.14 bits per heavy atom. The van der Waals surface area contributed by atoms with Crippen LogP contribution in [-0.4, -0.2) is 0 Å². The van der Waals surface area contributed by atoms with Gasteiger partial charge < -0.3 is 4.74 Å². The Labute approximate surface area is 245 Å². The topological polar surface area (TPSA) is 9.23 Å². The van der Waals surface area contributed by atoms with Gasteiger partial charge in [0.1, 0.15) is 11.5 Å². The van der Waals surface area contributed by atoms with Gasteiger partial charge in [-0.1, -0.05) is 105 Å². The first-order valence-electron chi connectivity index (χ1n) is 14.7. The number of hydrogen-bond donors (Lipinski definition) is 0.